The molecule has 4 aliphatic carbocycles. The zero-order valence-electron chi connectivity index (χ0n) is 21.5. The van der Waals surface area contributed by atoms with Crippen LogP contribution < -0.4 is 5.73 Å². The molecule has 0 aromatic carbocycles. The molecule has 1 aliphatic heterocycles. The van der Waals surface area contributed by atoms with Crippen LogP contribution in [-0.4, -0.2) is 52.3 Å². The number of aliphatic carboxylic acids is 2. The minimum Gasteiger partial charge on any atom is -0.473 e. The van der Waals surface area contributed by atoms with Gasteiger partial charge in [-0.3, -0.25) is 0 Å². The van der Waals surface area contributed by atoms with E-state index in [4.69, 9.17) is 30.3 Å². The first-order chi connectivity index (χ1) is 17.1. The summed E-state index contributed by atoms with van der Waals surface area (Å²) < 4.78 is 5.29. The molecule has 7 nitrogen and oxygen atoms in total. The molecule has 0 spiro atoms. The third-order valence-electron chi connectivity index (χ3n) is 10.1. The van der Waals surface area contributed by atoms with Gasteiger partial charge in [0.15, 0.2) is 0 Å². The molecular formula is C28H41NO6S. The molecule has 5 rings (SSSR count). The van der Waals surface area contributed by atoms with Crippen molar-refractivity contribution in [3.8, 4) is 0 Å². The van der Waals surface area contributed by atoms with Gasteiger partial charge in [0, 0.05) is 11.3 Å². The molecule has 0 radical (unpaired) electrons. The Morgan fingerprint density at radius 3 is 2.50 bits per heavy atom. The average Bonchev–Trinajstić information content (AvgIpc) is 3.42. The fourth-order valence-electron chi connectivity index (χ4n) is 8.30. The number of esters is 1. The van der Waals surface area contributed by atoms with Crippen LogP contribution in [0.25, 0.3) is 0 Å². The van der Waals surface area contributed by atoms with Crippen molar-refractivity contribution in [2.75, 3.05) is 18.9 Å². The van der Waals surface area contributed by atoms with Crippen molar-refractivity contribution < 1.29 is 29.3 Å². The van der Waals surface area contributed by atoms with Crippen molar-refractivity contribution >= 4 is 29.7 Å². The smallest absolute Gasteiger partial charge is 0.414 e. The zero-order valence-corrected chi connectivity index (χ0v) is 22.4. The van der Waals surface area contributed by atoms with Gasteiger partial charge in [-0.15, -0.1) is 0 Å². The standard InChI is InChI=1S/C26H39NO2S.C2H2O4/c1-25-10-8-19(30-13-3-12-27)15-18(25)4-5-20-22-7-6-21(17-14-24(28)29-16-17)26(22,2)11-9-23(20)25;3-1(4)2(5)6/h4,14,19-23H,3,5-13,15-16,27H2,1-2H3;(H,3,4)(H,5,6)/t19-,20-,21+,22-,23-,25-,26+;/m0./s1. The molecule has 0 aromatic rings. The number of fused-ring (bicyclic) bond motifs is 5. The lowest BCUT2D eigenvalue weighted by atomic mass is 9.47. The van der Waals surface area contributed by atoms with Gasteiger partial charge >= 0.3 is 17.9 Å². The molecule has 0 aromatic heterocycles. The molecule has 3 fully saturated rings. The van der Waals surface area contributed by atoms with Gasteiger partial charge in [-0.2, -0.15) is 11.8 Å². The third kappa shape index (κ3) is 5.13. The van der Waals surface area contributed by atoms with Gasteiger partial charge in [0.05, 0.1) is 0 Å². The lowest BCUT2D eigenvalue weighted by Gasteiger charge is -2.58. The third-order valence-corrected chi connectivity index (χ3v) is 11.5. The molecule has 0 amide bonds. The fraction of sp³-hybridized carbons (Fsp3) is 0.750. The number of carboxylic acids is 2. The molecular weight excluding hydrogens is 478 g/mol. The maximum absolute atomic E-state index is 11.7. The lowest BCUT2D eigenvalue weighted by molar-refractivity contribution is -0.159. The number of carbonyl (C=O) groups is 3. The quantitative estimate of drug-likeness (QED) is 0.207. The second kappa shape index (κ2) is 10.9. The summed E-state index contributed by atoms with van der Waals surface area (Å²) in [6.45, 7) is 6.52. The second-order valence-electron chi connectivity index (χ2n) is 11.7. The van der Waals surface area contributed by atoms with Crippen LogP contribution in [0, 0.1) is 34.5 Å². The highest BCUT2D eigenvalue weighted by Gasteiger charge is 2.59. The SMILES string of the molecule is C[C@]12CC[C@H]3[C@@H](CC=C4C[C@@H](SCCCN)CC[C@@]43C)[C@@H]1CC[C@@H]2C1=CC(=O)OC1.O=C(O)C(=O)O. The Balaban J connectivity index is 0.000000455. The highest BCUT2D eigenvalue weighted by atomic mass is 32.2. The maximum atomic E-state index is 11.7. The largest absolute Gasteiger partial charge is 0.473 e. The Labute approximate surface area is 218 Å². The van der Waals surface area contributed by atoms with Gasteiger partial charge in [0.2, 0.25) is 0 Å². The van der Waals surface area contributed by atoms with E-state index in [0.29, 0.717) is 23.4 Å². The summed E-state index contributed by atoms with van der Waals surface area (Å²) in [6, 6.07) is 0. The number of hydrogen-bond acceptors (Lipinski definition) is 6. The van der Waals surface area contributed by atoms with Crippen LogP contribution in [-0.2, 0) is 19.1 Å². The van der Waals surface area contributed by atoms with E-state index < -0.39 is 11.9 Å². The van der Waals surface area contributed by atoms with Crippen LogP contribution in [0.5, 0.6) is 0 Å². The summed E-state index contributed by atoms with van der Waals surface area (Å²) in [5, 5.41) is 15.6. The first-order valence-electron chi connectivity index (χ1n) is 13.4. The molecule has 0 bridgehead atoms. The molecule has 36 heavy (non-hydrogen) atoms. The number of rotatable bonds is 5. The van der Waals surface area contributed by atoms with E-state index in [1.807, 2.05) is 6.08 Å². The Morgan fingerprint density at radius 1 is 1.11 bits per heavy atom. The lowest BCUT2D eigenvalue weighted by Crippen LogP contribution is -2.50. The summed E-state index contributed by atoms with van der Waals surface area (Å²) >= 11 is 2.17. The summed E-state index contributed by atoms with van der Waals surface area (Å²) in [5.41, 5.74) is 9.57. The summed E-state index contributed by atoms with van der Waals surface area (Å²) in [5.74, 6) is 0.518. The van der Waals surface area contributed by atoms with Gasteiger partial charge in [-0.05, 0) is 110 Å². The molecule has 8 heteroatoms. The molecule has 7 atom stereocenters. The van der Waals surface area contributed by atoms with Gasteiger partial charge < -0.3 is 20.7 Å². The molecule has 200 valence electrons. The van der Waals surface area contributed by atoms with Crippen LogP contribution >= 0.6 is 11.8 Å². The Morgan fingerprint density at radius 2 is 1.86 bits per heavy atom. The summed E-state index contributed by atoms with van der Waals surface area (Å²) in [4.78, 5) is 29.9. The van der Waals surface area contributed by atoms with Crippen LogP contribution in [0.1, 0.15) is 71.6 Å². The Bertz CT molecular complexity index is 934. The normalized spacial score (nSPS) is 38.9. The van der Waals surface area contributed by atoms with Crippen LogP contribution in [0.3, 0.4) is 0 Å². The van der Waals surface area contributed by atoms with Crippen molar-refractivity contribution in [3.63, 3.8) is 0 Å². The van der Waals surface area contributed by atoms with Gasteiger partial charge in [0.25, 0.3) is 0 Å². The monoisotopic (exact) mass is 519 g/mol. The first-order valence-corrected chi connectivity index (χ1v) is 14.5. The molecule has 0 unspecified atom stereocenters. The van der Waals surface area contributed by atoms with Crippen molar-refractivity contribution in [2.45, 2.75) is 76.9 Å². The van der Waals surface area contributed by atoms with E-state index in [1.54, 1.807) is 5.57 Å². The van der Waals surface area contributed by atoms with Gasteiger partial charge in [-0.25, -0.2) is 14.4 Å². The summed E-state index contributed by atoms with van der Waals surface area (Å²) in [6.07, 6.45) is 16.3. The minimum atomic E-state index is -1.82. The van der Waals surface area contributed by atoms with Crippen molar-refractivity contribution in [1.82, 2.24) is 0 Å². The van der Waals surface area contributed by atoms with Crippen LogP contribution in [0.2, 0.25) is 0 Å². The van der Waals surface area contributed by atoms with Crippen molar-refractivity contribution in [1.29, 1.82) is 0 Å². The van der Waals surface area contributed by atoms with Gasteiger partial charge in [0.1, 0.15) is 6.61 Å². The molecule has 3 saturated carbocycles. The molecule has 1 heterocycles. The Hall–Kier alpha value is -1.80. The number of hydrogen-bond donors (Lipinski definition) is 3. The van der Waals surface area contributed by atoms with E-state index in [-0.39, 0.29) is 5.97 Å². The van der Waals surface area contributed by atoms with Crippen molar-refractivity contribution in [2.24, 2.45) is 40.2 Å². The van der Waals surface area contributed by atoms with Crippen LogP contribution in [0.15, 0.2) is 23.3 Å². The number of ether oxygens (including phenoxy) is 1. The average molecular weight is 520 g/mol. The topological polar surface area (TPSA) is 127 Å². The first kappa shape index (κ1) is 27.2. The number of cyclic esters (lactones) is 1. The maximum Gasteiger partial charge on any atom is 0.414 e. The Kier molecular flexibility index (Phi) is 8.25. The molecule has 5 aliphatic rings. The minimum absolute atomic E-state index is 0.121. The predicted molar refractivity (Wildman–Crippen MR) is 139 cm³/mol. The number of carbonyl (C=O) groups excluding carboxylic acids is 1. The van der Waals surface area contributed by atoms with E-state index in [0.717, 1.165) is 36.0 Å². The summed E-state index contributed by atoms with van der Waals surface area (Å²) in [7, 11) is 0. The van der Waals surface area contributed by atoms with Gasteiger partial charge in [-0.1, -0.05) is 25.5 Å². The highest BCUT2D eigenvalue weighted by Crippen LogP contribution is 2.67. The predicted octanol–water partition coefficient (Wildman–Crippen LogP) is 4.65. The highest BCUT2D eigenvalue weighted by molar-refractivity contribution is 7.99. The number of nitrogens with two attached hydrogens (primary N) is 1. The van der Waals surface area contributed by atoms with E-state index >= 15 is 0 Å². The number of allylic oxidation sites excluding steroid dienone is 2. The number of thioether (sulfide) groups is 1. The van der Waals surface area contributed by atoms with E-state index in [2.05, 4.69) is 31.7 Å². The second-order valence-corrected chi connectivity index (χ2v) is 13.2. The fourth-order valence-corrected chi connectivity index (χ4v) is 9.55. The molecule has 0 saturated heterocycles. The molecule has 4 N–H and O–H groups in total. The number of carboxylic acid groups (broad SMARTS) is 2. The van der Waals surface area contributed by atoms with Crippen molar-refractivity contribution in [3.05, 3.63) is 23.3 Å². The van der Waals surface area contributed by atoms with E-state index in [9.17, 15) is 4.79 Å². The van der Waals surface area contributed by atoms with E-state index in [1.165, 1.54) is 62.7 Å². The zero-order chi connectivity index (χ0) is 26.1. The van der Waals surface area contributed by atoms with Crippen LogP contribution in [0.4, 0.5) is 0 Å².